The lowest BCUT2D eigenvalue weighted by Crippen LogP contribution is -2.28. The Labute approximate surface area is 155 Å². The molecule has 1 aromatic heterocycles. The highest BCUT2D eigenvalue weighted by Gasteiger charge is 2.36. The van der Waals surface area contributed by atoms with Gasteiger partial charge < -0.3 is 10.4 Å². The number of carbonyl (C=O) groups is 1. The molecule has 0 radical (unpaired) electrons. The number of aliphatic carboxylic acids is 1. The normalized spacial score (nSPS) is 17.5. The molecule has 1 aliphatic heterocycles. The van der Waals surface area contributed by atoms with E-state index in [-0.39, 0.29) is 5.57 Å². The van der Waals surface area contributed by atoms with Gasteiger partial charge in [0.1, 0.15) is 0 Å². The minimum absolute atomic E-state index is 0.209. The number of benzene rings is 1. The van der Waals surface area contributed by atoms with Gasteiger partial charge in [-0.1, -0.05) is 35.3 Å². The number of rotatable bonds is 3. The molecule has 0 saturated carbocycles. The van der Waals surface area contributed by atoms with Crippen molar-refractivity contribution in [1.82, 2.24) is 10.3 Å². The third kappa shape index (κ3) is 3.15. The van der Waals surface area contributed by atoms with Gasteiger partial charge in [0.15, 0.2) is 0 Å². The van der Waals surface area contributed by atoms with Gasteiger partial charge in [-0.3, -0.25) is 4.98 Å². The van der Waals surface area contributed by atoms with Crippen molar-refractivity contribution >= 4 is 34.7 Å². The Hall–Kier alpha value is -2.30. The molecule has 0 spiro atoms. The average Bonchev–Trinajstić information content (AvgIpc) is 2.54. The van der Waals surface area contributed by atoms with Crippen LogP contribution in [0.25, 0.3) is 5.57 Å². The third-order valence-corrected chi connectivity index (χ3v) is 4.88. The molecule has 25 heavy (non-hydrogen) atoms. The van der Waals surface area contributed by atoms with Gasteiger partial charge in [-0.25, -0.2) is 4.79 Å². The number of hydrogen-bond donors (Lipinski definition) is 2. The monoisotopic (exact) mass is 374 g/mol. The van der Waals surface area contributed by atoms with Crippen molar-refractivity contribution in [2.24, 2.45) is 0 Å². The van der Waals surface area contributed by atoms with Crippen molar-refractivity contribution in [2.75, 3.05) is 0 Å². The van der Waals surface area contributed by atoms with E-state index in [2.05, 4.69) is 10.3 Å². The first-order chi connectivity index (χ1) is 11.9. The molecule has 2 heterocycles. The van der Waals surface area contributed by atoms with Gasteiger partial charge in [0.2, 0.25) is 0 Å². The van der Waals surface area contributed by atoms with E-state index in [1.54, 1.807) is 31.3 Å². The number of aromatic nitrogens is 1. The lowest BCUT2D eigenvalue weighted by Gasteiger charge is -2.31. The maximum atomic E-state index is 12.0. The zero-order chi connectivity index (χ0) is 18.1. The summed E-state index contributed by atoms with van der Waals surface area (Å²) >= 11 is 12.8. The molecule has 0 saturated heterocycles. The summed E-state index contributed by atoms with van der Waals surface area (Å²) in [6.45, 7) is 3.63. The number of halogens is 2. The van der Waals surface area contributed by atoms with Gasteiger partial charge in [-0.2, -0.15) is 0 Å². The Morgan fingerprint density at radius 1 is 1.08 bits per heavy atom. The van der Waals surface area contributed by atoms with Crippen LogP contribution >= 0.6 is 23.2 Å². The van der Waals surface area contributed by atoms with Crippen molar-refractivity contribution < 1.29 is 9.90 Å². The number of nitrogens with one attached hydrogen (secondary N) is 1. The smallest absolute Gasteiger partial charge is 0.334 e. The zero-order valence-corrected chi connectivity index (χ0v) is 15.2. The summed E-state index contributed by atoms with van der Waals surface area (Å²) in [5.74, 6) is -1.64. The highest BCUT2D eigenvalue weighted by molar-refractivity contribution is 6.36. The minimum atomic E-state index is -1.02. The summed E-state index contributed by atoms with van der Waals surface area (Å²) in [6.07, 6.45) is 1.67. The van der Waals surface area contributed by atoms with Gasteiger partial charge in [0.05, 0.1) is 11.3 Å². The first kappa shape index (κ1) is 17.5. The molecule has 0 bridgehead atoms. The molecular weight excluding hydrogens is 359 g/mol. The van der Waals surface area contributed by atoms with Gasteiger partial charge in [-0.15, -0.1) is 0 Å². The van der Waals surface area contributed by atoms with Crippen LogP contribution in [0.1, 0.15) is 31.0 Å². The molecule has 0 amide bonds. The van der Waals surface area contributed by atoms with Crippen molar-refractivity contribution in [2.45, 2.75) is 19.8 Å². The molecule has 0 aliphatic carbocycles. The fourth-order valence-corrected chi connectivity index (χ4v) is 3.83. The van der Waals surface area contributed by atoms with Crippen LogP contribution in [-0.4, -0.2) is 16.1 Å². The SMILES string of the molecule is CC1=C(C(=O)O)C(c2c(Cl)cccc2Cl)C(c2ccccn2)=C(C)N1. The molecule has 128 valence electrons. The second kappa shape index (κ2) is 6.90. The van der Waals surface area contributed by atoms with E-state index in [9.17, 15) is 9.90 Å². The van der Waals surface area contributed by atoms with E-state index in [1.165, 1.54) is 0 Å². The molecule has 1 aromatic carbocycles. The van der Waals surface area contributed by atoms with Gasteiger partial charge in [0.25, 0.3) is 0 Å². The topological polar surface area (TPSA) is 62.2 Å². The number of dihydropyridines is 1. The van der Waals surface area contributed by atoms with Crippen LogP contribution in [0.4, 0.5) is 0 Å². The Kier molecular flexibility index (Phi) is 4.84. The van der Waals surface area contributed by atoms with E-state index in [1.807, 2.05) is 25.1 Å². The molecule has 2 aromatic rings. The quantitative estimate of drug-likeness (QED) is 0.804. The molecule has 2 N–H and O–H groups in total. The molecular formula is C19H16Cl2N2O2. The summed E-state index contributed by atoms with van der Waals surface area (Å²) < 4.78 is 0. The van der Waals surface area contributed by atoms with Crippen LogP contribution in [0.3, 0.4) is 0 Å². The number of carboxylic acid groups (broad SMARTS) is 1. The maximum absolute atomic E-state index is 12.0. The first-order valence-electron chi connectivity index (χ1n) is 7.69. The Bertz CT molecular complexity index is 885. The molecule has 0 fully saturated rings. The van der Waals surface area contributed by atoms with Crippen molar-refractivity contribution in [3.8, 4) is 0 Å². The summed E-state index contributed by atoms with van der Waals surface area (Å²) in [5.41, 5.74) is 3.59. The van der Waals surface area contributed by atoms with Crippen molar-refractivity contribution in [3.63, 3.8) is 0 Å². The van der Waals surface area contributed by atoms with E-state index < -0.39 is 11.9 Å². The highest BCUT2D eigenvalue weighted by atomic mass is 35.5. The predicted molar refractivity (Wildman–Crippen MR) is 99.5 cm³/mol. The summed E-state index contributed by atoms with van der Waals surface area (Å²) in [6, 6.07) is 10.7. The molecule has 3 rings (SSSR count). The van der Waals surface area contributed by atoms with Crippen LogP contribution in [0.5, 0.6) is 0 Å². The molecule has 1 unspecified atom stereocenters. The van der Waals surface area contributed by atoms with Crippen molar-refractivity contribution in [3.05, 3.63) is 80.9 Å². The van der Waals surface area contributed by atoms with Gasteiger partial charge >= 0.3 is 5.97 Å². The standard InChI is InChI=1S/C19H16Cl2N2O2/c1-10-15(14-8-3-4-9-22-14)18(16(19(24)25)11(2)23-10)17-12(20)6-5-7-13(17)21/h3-9,18,23H,1-2H3,(H,24,25). The largest absolute Gasteiger partial charge is 0.478 e. The van der Waals surface area contributed by atoms with E-state index in [4.69, 9.17) is 23.2 Å². The Balaban J connectivity index is 2.33. The van der Waals surface area contributed by atoms with Crippen LogP contribution in [0, 0.1) is 0 Å². The number of pyridine rings is 1. The van der Waals surface area contributed by atoms with Crippen LogP contribution < -0.4 is 5.32 Å². The van der Waals surface area contributed by atoms with Gasteiger partial charge in [-0.05, 0) is 38.1 Å². The summed E-state index contributed by atoms with van der Waals surface area (Å²) in [4.78, 5) is 16.4. The number of hydrogen-bond acceptors (Lipinski definition) is 3. The highest BCUT2D eigenvalue weighted by Crippen LogP contribution is 2.47. The lowest BCUT2D eigenvalue weighted by atomic mass is 9.79. The second-order valence-electron chi connectivity index (χ2n) is 5.79. The Morgan fingerprint density at radius 2 is 1.76 bits per heavy atom. The van der Waals surface area contributed by atoms with Gasteiger partial charge in [0, 0.05) is 44.7 Å². The number of carboxylic acids is 1. The lowest BCUT2D eigenvalue weighted by molar-refractivity contribution is -0.132. The van der Waals surface area contributed by atoms with Crippen LogP contribution in [-0.2, 0) is 4.79 Å². The van der Waals surface area contributed by atoms with E-state index in [0.717, 1.165) is 11.3 Å². The third-order valence-electron chi connectivity index (χ3n) is 4.22. The minimum Gasteiger partial charge on any atom is -0.478 e. The predicted octanol–water partition coefficient (Wildman–Crippen LogP) is 4.87. The summed E-state index contributed by atoms with van der Waals surface area (Å²) in [7, 11) is 0. The van der Waals surface area contributed by atoms with Crippen LogP contribution in [0.15, 0.2) is 59.6 Å². The Morgan fingerprint density at radius 3 is 2.32 bits per heavy atom. The first-order valence-corrected chi connectivity index (χ1v) is 8.44. The second-order valence-corrected chi connectivity index (χ2v) is 6.61. The number of allylic oxidation sites excluding steroid dienone is 3. The summed E-state index contributed by atoms with van der Waals surface area (Å²) in [5, 5.41) is 13.8. The maximum Gasteiger partial charge on any atom is 0.334 e. The fourth-order valence-electron chi connectivity index (χ4n) is 3.21. The van der Waals surface area contributed by atoms with Crippen molar-refractivity contribution in [1.29, 1.82) is 0 Å². The molecule has 1 atom stereocenters. The average molecular weight is 375 g/mol. The van der Waals surface area contributed by atoms with E-state index in [0.29, 0.717) is 27.0 Å². The fraction of sp³-hybridized carbons (Fsp3) is 0.158. The zero-order valence-electron chi connectivity index (χ0n) is 13.7. The molecule has 6 heteroatoms. The number of nitrogens with zero attached hydrogens (tertiary/aromatic N) is 1. The van der Waals surface area contributed by atoms with E-state index >= 15 is 0 Å². The molecule has 4 nitrogen and oxygen atoms in total. The van der Waals surface area contributed by atoms with Crippen LogP contribution in [0.2, 0.25) is 10.0 Å². The molecule has 1 aliphatic rings.